The van der Waals surface area contributed by atoms with Gasteiger partial charge in [0.25, 0.3) is 0 Å². The quantitative estimate of drug-likeness (QED) is 0.143. The summed E-state index contributed by atoms with van der Waals surface area (Å²) in [6, 6.07) is 55.7. The summed E-state index contributed by atoms with van der Waals surface area (Å²) in [5.41, 5.74) is 15.0. The summed E-state index contributed by atoms with van der Waals surface area (Å²) in [5, 5.41) is 8.44. The van der Waals surface area contributed by atoms with E-state index in [1.807, 2.05) is 12.1 Å². The maximum Gasteiger partial charge on any atom is 0.117 e. The van der Waals surface area contributed by atoms with Crippen LogP contribution in [0.4, 0.5) is 0 Å². The highest BCUT2D eigenvalue weighted by Gasteiger charge is 2.20. The lowest BCUT2D eigenvalue weighted by molar-refractivity contribution is 1.26. The predicted molar refractivity (Wildman–Crippen MR) is 248 cm³/mol. The number of thiophene rings is 4. The molecule has 11 rings (SSSR count). The fourth-order valence-electron chi connectivity index (χ4n) is 7.38. The molecule has 0 fully saturated rings. The summed E-state index contributed by atoms with van der Waals surface area (Å²) in [6.07, 6.45) is 0. The summed E-state index contributed by atoms with van der Waals surface area (Å²) in [5.74, 6) is 0. The topological polar surface area (TPSA) is 51.6 Å². The first-order chi connectivity index (χ1) is 28.7. The van der Waals surface area contributed by atoms with E-state index >= 15 is 0 Å². The summed E-state index contributed by atoms with van der Waals surface area (Å²) < 4.78 is 0. The third-order valence-electron chi connectivity index (χ3n) is 10.3. The van der Waals surface area contributed by atoms with Crippen LogP contribution in [0, 0.1) is 0 Å². The molecule has 0 amide bonds. The van der Waals surface area contributed by atoms with Crippen LogP contribution in [0.1, 0.15) is 0 Å². The molecule has 8 heteroatoms. The molecule has 5 aromatic carbocycles. The van der Waals surface area contributed by atoms with Crippen LogP contribution in [0.25, 0.3) is 109 Å². The van der Waals surface area contributed by atoms with Crippen molar-refractivity contribution in [3.05, 3.63) is 179 Å². The summed E-state index contributed by atoms with van der Waals surface area (Å²) in [6.45, 7) is 0. The minimum atomic E-state index is 0.720. The zero-order valence-electron chi connectivity index (χ0n) is 30.7. The van der Waals surface area contributed by atoms with Crippen LogP contribution in [-0.4, -0.2) is 19.9 Å². The second-order valence-electron chi connectivity index (χ2n) is 13.9. The highest BCUT2D eigenvalue weighted by molar-refractivity contribution is 7.14. The second kappa shape index (κ2) is 14.8. The van der Waals surface area contributed by atoms with E-state index < -0.39 is 0 Å². The highest BCUT2D eigenvalue weighted by atomic mass is 32.1. The van der Waals surface area contributed by atoms with Gasteiger partial charge in [0.1, 0.15) is 11.0 Å². The SMILES string of the molecule is c1csc(-c2ccc(-c3nc4ccc5nc(-c6ccc(-c7cccs7)cc6)c(-c6ccc(-c7cccs7)cc6)nc5c4nc3-c3ccc(-c4cccs4)cc3)cc2)c1. The molecule has 274 valence electrons. The Kier molecular flexibility index (Phi) is 8.89. The van der Waals surface area contributed by atoms with Crippen molar-refractivity contribution in [2.75, 3.05) is 0 Å². The van der Waals surface area contributed by atoms with E-state index in [9.17, 15) is 0 Å². The van der Waals surface area contributed by atoms with Gasteiger partial charge in [0, 0.05) is 41.8 Å². The van der Waals surface area contributed by atoms with Gasteiger partial charge in [-0.25, -0.2) is 19.9 Å². The van der Waals surface area contributed by atoms with Gasteiger partial charge in [-0.2, -0.15) is 0 Å². The molecule has 0 unspecified atom stereocenters. The highest BCUT2D eigenvalue weighted by Crippen LogP contribution is 2.39. The molecule has 0 spiro atoms. The number of aromatic nitrogens is 4. The summed E-state index contributed by atoms with van der Waals surface area (Å²) in [4.78, 5) is 26.6. The molecule has 6 aromatic heterocycles. The van der Waals surface area contributed by atoms with Crippen molar-refractivity contribution in [2.24, 2.45) is 0 Å². The molecule has 0 aliphatic rings. The zero-order valence-corrected chi connectivity index (χ0v) is 34.0. The molecule has 0 saturated heterocycles. The van der Waals surface area contributed by atoms with Crippen molar-refractivity contribution in [2.45, 2.75) is 0 Å². The Hall–Kier alpha value is -6.42. The fraction of sp³-hybridized carbons (Fsp3) is 0. The minimum Gasteiger partial charge on any atom is -0.244 e. The third-order valence-corrected chi connectivity index (χ3v) is 14.0. The van der Waals surface area contributed by atoms with Gasteiger partial charge in [-0.1, -0.05) is 121 Å². The van der Waals surface area contributed by atoms with Crippen LogP contribution in [-0.2, 0) is 0 Å². The number of fused-ring (bicyclic) bond motifs is 3. The molecule has 0 aliphatic heterocycles. The van der Waals surface area contributed by atoms with E-state index in [1.165, 1.54) is 41.8 Å². The Bertz CT molecular complexity index is 2940. The first kappa shape index (κ1) is 34.8. The number of rotatable bonds is 8. The van der Waals surface area contributed by atoms with Gasteiger partial charge in [-0.05, 0) is 80.2 Å². The van der Waals surface area contributed by atoms with E-state index in [4.69, 9.17) is 19.9 Å². The minimum absolute atomic E-state index is 0.720. The average Bonchev–Trinajstić information content (AvgIpc) is 4.15. The molecule has 6 heterocycles. The van der Waals surface area contributed by atoms with Crippen LogP contribution in [0.5, 0.6) is 0 Å². The van der Waals surface area contributed by atoms with Crippen molar-refractivity contribution in [1.82, 2.24) is 19.9 Å². The lowest BCUT2D eigenvalue weighted by Crippen LogP contribution is -2.00. The maximum absolute atomic E-state index is 5.48. The Labute approximate surface area is 351 Å². The van der Waals surface area contributed by atoms with Crippen LogP contribution in [0.15, 0.2) is 179 Å². The normalized spacial score (nSPS) is 11.4. The molecule has 0 N–H and O–H groups in total. The van der Waals surface area contributed by atoms with Crippen molar-refractivity contribution >= 4 is 67.4 Å². The van der Waals surface area contributed by atoms with Gasteiger partial charge in [-0.15, -0.1) is 45.3 Å². The maximum atomic E-state index is 5.48. The first-order valence-electron chi connectivity index (χ1n) is 18.8. The van der Waals surface area contributed by atoms with Gasteiger partial charge >= 0.3 is 0 Å². The Balaban J connectivity index is 1.10. The summed E-state index contributed by atoms with van der Waals surface area (Å²) >= 11 is 6.96. The van der Waals surface area contributed by atoms with Crippen LogP contribution < -0.4 is 0 Å². The molecule has 0 bridgehead atoms. The fourth-order valence-corrected chi connectivity index (χ4v) is 10.3. The zero-order chi connectivity index (χ0) is 38.4. The molecular weight excluding hydrogens is 785 g/mol. The van der Waals surface area contributed by atoms with Gasteiger partial charge in [0.15, 0.2) is 0 Å². The molecule has 0 saturated carbocycles. The van der Waals surface area contributed by atoms with E-state index in [0.29, 0.717) is 0 Å². The Morgan fingerprint density at radius 3 is 0.724 bits per heavy atom. The molecule has 58 heavy (non-hydrogen) atoms. The molecule has 0 atom stereocenters. The van der Waals surface area contributed by atoms with Crippen molar-refractivity contribution in [1.29, 1.82) is 0 Å². The number of benzene rings is 5. The second-order valence-corrected chi connectivity index (χ2v) is 17.7. The van der Waals surface area contributed by atoms with E-state index in [0.717, 1.165) is 67.1 Å². The number of hydrogen-bond acceptors (Lipinski definition) is 8. The molecule has 4 nitrogen and oxygen atoms in total. The monoisotopic (exact) mass is 814 g/mol. The average molecular weight is 815 g/mol. The largest absolute Gasteiger partial charge is 0.244 e. The predicted octanol–water partition coefficient (Wildman–Crippen LogP) is 15.2. The van der Waals surface area contributed by atoms with Gasteiger partial charge < -0.3 is 0 Å². The van der Waals surface area contributed by atoms with Gasteiger partial charge in [0.05, 0.1) is 33.8 Å². The van der Waals surface area contributed by atoms with Gasteiger partial charge in [-0.3, -0.25) is 0 Å². The molecule has 11 aromatic rings. The van der Waals surface area contributed by atoms with E-state index in [-0.39, 0.29) is 0 Å². The van der Waals surface area contributed by atoms with Crippen molar-refractivity contribution in [3.63, 3.8) is 0 Å². The number of hydrogen-bond donors (Lipinski definition) is 0. The van der Waals surface area contributed by atoms with E-state index in [2.05, 4.69) is 167 Å². The van der Waals surface area contributed by atoms with Crippen LogP contribution in [0.3, 0.4) is 0 Å². The Morgan fingerprint density at radius 2 is 0.483 bits per heavy atom. The first-order valence-corrected chi connectivity index (χ1v) is 22.3. The lowest BCUT2D eigenvalue weighted by Gasteiger charge is -2.15. The third kappa shape index (κ3) is 6.46. The molecule has 0 aliphatic carbocycles. The number of nitrogens with zero attached hydrogens (tertiary/aromatic N) is 4. The lowest BCUT2D eigenvalue weighted by atomic mass is 10.00. The van der Waals surface area contributed by atoms with Crippen LogP contribution in [0.2, 0.25) is 0 Å². The standard InChI is InChI=1S/C50H30N4S4/c1-5-41(55-27-1)31-9-17-35(18-10-31)45-47(37-21-13-33(14-22-37)43-7-3-29-57-43)53-49-39(51-45)25-26-40-50(49)54-48(38-23-15-34(16-24-38)44-8-4-30-58-44)46(52-40)36-19-11-32(12-20-36)42-6-2-28-56-42/h1-30H. The summed E-state index contributed by atoms with van der Waals surface area (Å²) in [7, 11) is 0. The molecule has 0 radical (unpaired) electrons. The van der Waals surface area contributed by atoms with Gasteiger partial charge in [0.2, 0.25) is 0 Å². The smallest absolute Gasteiger partial charge is 0.117 e. The molecular formula is C50H30N4S4. The van der Waals surface area contributed by atoms with E-state index in [1.54, 1.807) is 45.3 Å². The Morgan fingerprint density at radius 1 is 0.241 bits per heavy atom. The van der Waals surface area contributed by atoms with Crippen molar-refractivity contribution < 1.29 is 0 Å². The van der Waals surface area contributed by atoms with Crippen molar-refractivity contribution in [3.8, 4) is 86.8 Å². The van der Waals surface area contributed by atoms with Crippen LogP contribution >= 0.6 is 45.3 Å².